The van der Waals surface area contributed by atoms with Crippen LogP contribution in [0.15, 0.2) is 0 Å². The lowest BCUT2D eigenvalue weighted by Crippen LogP contribution is -2.50. The molecule has 1 N–H and O–H groups in total. The van der Waals surface area contributed by atoms with Crippen molar-refractivity contribution in [1.82, 2.24) is 9.80 Å². The summed E-state index contributed by atoms with van der Waals surface area (Å²) in [5.41, 5.74) is 0. The standard InChI is InChI=1S/C12H24N2O/c1-11-2-3-12(10-11)14-6-4-13(5-7-14)8-9-15/h11-12,15H,2-10H2,1H3/t11-,12+/m0/s1. The molecule has 0 amide bonds. The molecule has 2 aliphatic rings. The number of piperazine rings is 1. The van der Waals surface area contributed by atoms with E-state index in [9.17, 15) is 0 Å². The average Bonchev–Trinajstić information content (AvgIpc) is 2.67. The topological polar surface area (TPSA) is 26.7 Å². The van der Waals surface area contributed by atoms with Crippen LogP contribution in [0.4, 0.5) is 0 Å². The van der Waals surface area contributed by atoms with E-state index in [1.54, 1.807) is 0 Å². The second kappa shape index (κ2) is 5.28. The minimum Gasteiger partial charge on any atom is -0.395 e. The van der Waals surface area contributed by atoms with E-state index in [1.807, 2.05) is 0 Å². The van der Waals surface area contributed by atoms with Crippen LogP contribution < -0.4 is 0 Å². The molecule has 2 fully saturated rings. The van der Waals surface area contributed by atoms with Crippen LogP contribution in [0, 0.1) is 5.92 Å². The van der Waals surface area contributed by atoms with Gasteiger partial charge in [0.25, 0.3) is 0 Å². The van der Waals surface area contributed by atoms with Crippen molar-refractivity contribution in [3.05, 3.63) is 0 Å². The summed E-state index contributed by atoms with van der Waals surface area (Å²) < 4.78 is 0. The number of β-amino-alcohol motifs (C(OH)–C–C–N with tert-alkyl or cyclic N) is 1. The van der Waals surface area contributed by atoms with Gasteiger partial charge in [-0.15, -0.1) is 0 Å². The Balaban J connectivity index is 1.73. The summed E-state index contributed by atoms with van der Waals surface area (Å²) in [6.45, 7) is 8.24. The summed E-state index contributed by atoms with van der Waals surface area (Å²) in [6.07, 6.45) is 4.22. The molecule has 88 valence electrons. The quantitative estimate of drug-likeness (QED) is 0.749. The monoisotopic (exact) mass is 212 g/mol. The number of aliphatic hydroxyl groups excluding tert-OH is 1. The lowest BCUT2D eigenvalue weighted by molar-refractivity contribution is 0.0843. The van der Waals surface area contributed by atoms with E-state index in [0.717, 1.165) is 31.6 Å². The summed E-state index contributed by atoms with van der Waals surface area (Å²) in [5.74, 6) is 0.936. The third-order valence-electron chi connectivity index (χ3n) is 4.01. The maximum atomic E-state index is 8.88. The molecule has 0 spiro atoms. The normalized spacial score (nSPS) is 34.8. The second-order valence-electron chi connectivity index (χ2n) is 5.17. The Hall–Kier alpha value is -0.120. The number of hydrogen-bond donors (Lipinski definition) is 1. The highest BCUT2D eigenvalue weighted by atomic mass is 16.3. The number of nitrogens with zero attached hydrogens (tertiary/aromatic N) is 2. The molecule has 0 radical (unpaired) electrons. The lowest BCUT2D eigenvalue weighted by Gasteiger charge is -2.37. The molecule has 0 bridgehead atoms. The largest absolute Gasteiger partial charge is 0.395 e. The molecule has 3 heteroatoms. The third kappa shape index (κ3) is 2.92. The molecule has 1 saturated heterocycles. The van der Waals surface area contributed by atoms with Crippen LogP contribution in [0.3, 0.4) is 0 Å². The number of rotatable bonds is 3. The maximum absolute atomic E-state index is 8.88. The Morgan fingerprint density at radius 1 is 1.13 bits per heavy atom. The van der Waals surface area contributed by atoms with E-state index in [0.29, 0.717) is 6.61 Å². The molecule has 3 nitrogen and oxygen atoms in total. The van der Waals surface area contributed by atoms with Gasteiger partial charge in [0.15, 0.2) is 0 Å². The van der Waals surface area contributed by atoms with Crippen LogP contribution in [0.1, 0.15) is 26.2 Å². The molecule has 0 unspecified atom stereocenters. The van der Waals surface area contributed by atoms with Crippen LogP contribution in [-0.2, 0) is 0 Å². The second-order valence-corrected chi connectivity index (χ2v) is 5.17. The van der Waals surface area contributed by atoms with Crippen molar-refractivity contribution in [1.29, 1.82) is 0 Å². The van der Waals surface area contributed by atoms with Crippen molar-refractivity contribution < 1.29 is 5.11 Å². The van der Waals surface area contributed by atoms with Gasteiger partial charge in [0, 0.05) is 38.8 Å². The summed E-state index contributed by atoms with van der Waals surface area (Å²) in [5, 5.41) is 8.88. The minimum absolute atomic E-state index is 0.306. The molecule has 1 aliphatic carbocycles. The fourth-order valence-electron chi connectivity index (χ4n) is 3.00. The molecular formula is C12H24N2O. The van der Waals surface area contributed by atoms with Gasteiger partial charge in [-0.3, -0.25) is 9.80 Å². The molecule has 1 heterocycles. The first kappa shape index (κ1) is 11.4. The first-order valence-corrected chi connectivity index (χ1v) is 6.37. The van der Waals surface area contributed by atoms with Crippen LogP contribution in [0.5, 0.6) is 0 Å². The van der Waals surface area contributed by atoms with Gasteiger partial charge in [-0.25, -0.2) is 0 Å². The van der Waals surface area contributed by atoms with Gasteiger partial charge in [0.1, 0.15) is 0 Å². The molecule has 1 saturated carbocycles. The van der Waals surface area contributed by atoms with Gasteiger partial charge in [-0.05, 0) is 25.2 Å². The van der Waals surface area contributed by atoms with Crippen molar-refractivity contribution in [3.63, 3.8) is 0 Å². The summed E-state index contributed by atoms with van der Waals surface area (Å²) in [7, 11) is 0. The highest BCUT2D eigenvalue weighted by molar-refractivity contribution is 4.84. The molecule has 2 rings (SSSR count). The van der Waals surface area contributed by atoms with Gasteiger partial charge >= 0.3 is 0 Å². The zero-order valence-corrected chi connectivity index (χ0v) is 9.86. The minimum atomic E-state index is 0.306. The Labute approximate surface area is 93.1 Å². The van der Waals surface area contributed by atoms with Gasteiger partial charge in [-0.2, -0.15) is 0 Å². The third-order valence-corrected chi connectivity index (χ3v) is 4.01. The predicted molar refractivity (Wildman–Crippen MR) is 61.9 cm³/mol. The molecule has 0 aromatic carbocycles. The number of aliphatic hydroxyl groups is 1. The van der Waals surface area contributed by atoms with E-state index in [-0.39, 0.29) is 0 Å². The highest BCUT2D eigenvalue weighted by Gasteiger charge is 2.28. The predicted octanol–water partition coefficient (Wildman–Crippen LogP) is 0.785. The molecule has 0 aromatic rings. The van der Waals surface area contributed by atoms with Crippen LogP contribution in [0.2, 0.25) is 0 Å². The SMILES string of the molecule is C[C@H]1CC[C@@H](N2CCN(CCO)CC2)C1. The maximum Gasteiger partial charge on any atom is 0.0558 e. The van der Waals surface area contributed by atoms with Crippen LogP contribution in [-0.4, -0.2) is 60.3 Å². The zero-order valence-electron chi connectivity index (χ0n) is 9.86. The van der Waals surface area contributed by atoms with Gasteiger partial charge in [0.2, 0.25) is 0 Å². The highest BCUT2D eigenvalue weighted by Crippen LogP contribution is 2.29. The smallest absolute Gasteiger partial charge is 0.0558 e. The molecule has 1 aliphatic heterocycles. The molecule has 0 aromatic heterocycles. The van der Waals surface area contributed by atoms with Crippen molar-refractivity contribution in [2.45, 2.75) is 32.2 Å². The van der Waals surface area contributed by atoms with Crippen molar-refractivity contribution >= 4 is 0 Å². The average molecular weight is 212 g/mol. The van der Waals surface area contributed by atoms with Gasteiger partial charge < -0.3 is 5.11 Å². The lowest BCUT2D eigenvalue weighted by atomic mass is 10.1. The van der Waals surface area contributed by atoms with Crippen LogP contribution in [0.25, 0.3) is 0 Å². The first-order chi connectivity index (χ1) is 7.29. The molecule has 15 heavy (non-hydrogen) atoms. The molecular weight excluding hydrogens is 188 g/mol. The zero-order chi connectivity index (χ0) is 10.7. The summed E-state index contributed by atoms with van der Waals surface area (Å²) in [6, 6.07) is 0.858. The van der Waals surface area contributed by atoms with Crippen molar-refractivity contribution in [3.8, 4) is 0 Å². The van der Waals surface area contributed by atoms with Gasteiger partial charge in [-0.1, -0.05) is 6.92 Å². The van der Waals surface area contributed by atoms with E-state index in [1.165, 1.54) is 32.4 Å². The summed E-state index contributed by atoms with van der Waals surface area (Å²) >= 11 is 0. The first-order valence-electron chi connectivity index (χ1n) is 6.37. The Kier molecular flexibility index (Phi) is 4.00. The van der Waals surface area contributed by atoms with E-state index < -0.39 is 0 Å². The van der Waals surface area contributed by atoms with Crippen LogP contribution >= 0.6 is 0 Å². The van der Waals surface area contributed by atoms with Gasteiger partial charge in [0.05, 0.1) is 6.61 Å². The Morgan fingerprint density at radius 2 is 1.87 bits per heavy atom. The van der Waals surface area contributed by atoms with Crippen molar-refractivity contribution in [2.24, 2.45) is 5.92 Å². The van der Waals surface area contributed by atoms with Crippen molar-refractivity contribution in [2.75, 3.05) is 39.3 Å². The summed E-state index contributed by atoms with van der Waals surface area (Å²) in [4.78, 5) is 5.03. The van der Waals surface area contributed by atoms with E-state index >= 15 is 0 Å². The Morgan fingerprint density at radius 3 is 2.40 bits per heavy atom. The molecule has 2 atom stereocenters. The number of hydrogen-bond acceptors (Lipinski definition) is 3. The van der Waals surface area contributed by atoms with E-state index in [4.69, 9.17) is 5.11 Å². The Bertz CT molecular complexity index is 190. The fourth-order valence-corrected chi connectivity index (χ4v) is 3.00. The fraction of sp³-hybridized carbons (Fsp3) is 1.00. The van der Waals surface area contributed by atoms with E-state index in [2.05, 4.69) is 16.7 Å².